The molecule has 15 heavy (non-hydrogen) atoms. The molecule has 0 spiro atoms. The lowest BCUT2D eigenvalue weighted by Gasteiger charge is -1.99. The second kappa shape index (κ2) is 3.50. The van der Waals surface area contributed by atoms with Gasteiger partial charge in [-0.2, -0.15) is 9.61 Å². The minimum absolute atomic E-state index is 0.110. The Bertz CT molecular complexity index is 537. The van der Waals surface area contributed by atoms with Gasteiger partial charge in [0.15, 0.2) is 5.65 Å². The van der Waals surface area contributed by atoms with E-state index in [0.29, 0.717) is 10.3 Å². The van der Waals surface area contributed by atoms with E-state index in [-0.39, 0.29) is 11.6 Å². The lowest BCUT2D eigenvalue weighted by atomic mass is 10.5. The van der Waals surface area contributed by atoms with Gasteiger partial charge in [0.25, 0.3) is 5.88 Å². The minimum Gasteiger partial charge on any atom is -0.479 e. The molecule has 0 amide bonds. The van der Waals surface area contributed by atoms with E-state index in [0.717, 1.165) is 0 Å². The highest BCUT2D eigenvalue weighted by atomic mass is 79.9. The van der Waals surface area contributed by atoms with Gasteiger partial charge in [-0.3, -0.25) is 0 Å². The topological polar surface area (TPSA) is 76.7 Å². The Kier molecular flexibility index (Phi) is 2.31. The minimum atomic E-state index is -1.14. The van der Waals surface area contributed by atoms with Gasteiger partial charge in [0, 0.05) is 0 Å². The van der Waals surface area contributed by atoms with Crippen molar-refractivity contribution >= 4 is 27.5 Å². The number of carboxylic acid groups (broad SMARTS) is 1. The van der Waals surface area contributed by atoms with E-state index in [1.54, 1.807) is 12.1 Å². The molecule has 78 valence electrons. The first-order chi connectivity index (χ1) is 7.13. The smallest absolute Gasteiger partial charge is 0.360 e. The quantitative estimate of drug-likeness (QED) is 0.888. The zero-order valence-corrected chi connectivity index (χ0v) is 9.22. The predicted octanol–water partition coefficient (Wildman–Crippen LogP) is 1.20. The van der Waals surface area contributed by atoms with Crippen LogP contribution in [-0.2, 0) is 0 Å². The van der Waals surface area contributed by atoms with Crippen LogP contribution in [0, 0.1) is 0 Å². The first-order valence-corrected chi connectivity index (χ1v) is 4.75. The Morgan fingerprint density at radius 2 is 2.33 bits per heavy atom. The Labute approximate surface area is 92.6 Å². The molecule has 2 rings (SSSR count). The van der Waals surface area contributed by atoms with Crippen LogP contribution in [0.15, 0.2) is 16.7 Å². The predicted molar refractivity (Wildman–Crippen MR) is 54.2 cm³/mol. The highest BCUT2D eigenvalue weighted by molar-refractivity contribution is 9.10. The maximum Gasteiger partial charge on any atom is 0.360 e. The number of carboxylic acids is 1. The number of rotatable bonds is 2. The SMILES string of the molecule is COc1c(C(=O)O)nc2ccc(Br)nn12. The average molecular weight is 272 g/mol. The number of nitrogens with zero attached hydrogens (tertiary/aromatic N) is 3. The number of aromatic nitrogens is 3. The Hall–Kier alpha value is -1.63. The number of hydrogen-bond donors (Lipinski definition) is 1. The second-order valence-corrected chi connectivity index (χ2v) is 3.51. The van der Waals surface area contributed by atoms with Crippen LogP contribution in [0.3, 0.4) is 0 Å². The molecule has 0 saturated heterocycles. The number of methoxy groups -OCH3 is 1. The van der Waals surface area contributed by atoms with Gasteiger partial charge in [0.05, 0.1) is 7.11 Å². The van der Waals surface area contributed by atoms with Gasteiger partial charge >= 0.3 is 5.97 Å². The van der Waals surface area contributed by atoms with Gasteiger partial charge in [0.2, 0.25) is 5.69 Å². The molecule has 0 bridgehead atoms. The number of aromatic carboxylic acids is 1. The Balaban J connectivity index is 2.79. The second-order valence-electron chi connectivity index (χ2n) is 2.70. The molecule has 2 heterocycles. The molecule has 2 aromatic rings. The molecule has 7 heteroatoms. The van der Waals surface area contributed by atoms with Gasteiger partial charge in [-0.25, -0.2) is 9.78 Å². The van der Waals surface area contributed by atoms with Crippen LogP contribution in [0.4, 0.5) is 0 Å². The summed E-state index contributed by atoms with van der Waals surface area (Å²) in [6.45, 7) is 0. The van der Waals surface area contributed by atoms with E-state index < -0.39 is 5.97 Å². The molecule has 0 saturated carbocycles. The van der Waals surface area contributed by atoms with Crippen molar-refractivity contribution in [3.63, 3.8) is 0 Å². The third kappa shape index (κ3) is 1.54. The lowest BCUT2D eigenvalue weighted by molar-refractivity contribution is 0.0687. The van der Waals surface area contributed by atoms with Gasteiger partial charge in [-0.1, -0.05) is 0 Å². The van der Waals surface area contributed by atoms with Crippen molar-refractivity contribution in [2.24, 2.45) is 0 Å². The summed E-state index contributed by atoms with van der Waals surface area (Å²) in [5.74, 6) is -1.03. The van der Waals surface area contributed by atoms with Crippen LogP contribution in [0.5, 0.6) is 5.88 Å². The van der Waals surface area contributed by atoms with Gasteiger partial charge in [0.1, 0.15) is 4.60 Å². The van der Waals surface area contributed by atoms with Gasteiger partial charge < -0.3 is 9.84 Å². The van der Waals surface area contributed by atoms with Crippen LogP contribution in [0.1, 0.15) is 10.5 Å². The van der Waals surface area contributed by atoms with Crippen molar-refractivity contribution in [1.82, 2.24) is 14.6 Å². The molecule has 1 N–H and O–H groups in total. The van der Waals surface area contributed by atoms with Gasteiger partial charge in [-0.05, 0) is 28.1 Å². The summed E-state index contributed by atoms with van der Waals surface area (Å²) in [6.07, 6.45) is 0. The fourth-order valence-corrected chi connectivity index (χ4v) is 1.50. The summed E-state index contributed by atoms with van der Waals surface area (Å²) >= 11 is 3.18. The summed E-state index contributed by atoms with van der Waals surface area (Å²) < 4.78 is 6.85. The normalized spacial score (nSPS) is 10.5. The first kappa shape index (κ1) is 9.91. The summed E-state index contributed by atoms with van der Waals surface area (Å²) in [4.78, 5) is 14.7. The molecular weight excluding hydrogens is 266 g/mol. The van der Waals surface area contributed by atoms with E-state index in [9.17, 15) is 4.79 Å². The number of fused-ring (bicyclic) bond motifs is 1. The standard InChI is InChI=1S/C8H6BrN3O3/c1-15-7-6(8(13)14)10-5-3-2-4(9)11-12(5)7/h2-3H,1H3,(H,13,14). The molecule has 2 aromatic heterocycles. The van der Waals surface area contributed by atoms with Crippen LogP contribution in [0.25, 0.3) is 5.65 Å². The zero-order chi connectivity index (χ0) is 11.0. The largest absolute Gasteiger partial charge is 0.479 e. The highest BCUT2D eigenvalue weighted by Crippen LogP contribution is 2.20. The Morgan fingerprint density at radius 1 is 1.60 bits per heavy atom. The molecule has 0 atom stereocenters. The van der Waals surface area contributed by atoms with E-state index in [1.165, 1.54) is 11.6 Å². The van der Waals surface area contributed by atoms with Crippen molar-refractivity contribution in [1.29, 1.82) is 0 Å². The molecule has 0 fully saturated rings. The first-order valence-electron chi connectivity index (χ1n) is 3.96. The summed E-state index contributed by atoms with van der Waals surface area (Å²) in [7, 11) is 1.37. The number of hydrogen-bond acceptors (Lipinski definition) is 4. The molecule has 0 aromatic carbocycles. The monoisotopic (exact) mass is 271 g/mol. The lowest BCUT2D eigenvalue weighted by Crippen LogP contribution is -2.01. The van der Waals surface area contributed by atoms with Crippen molar-refractivity contribution in [2.75, 3.05) is 7.11 Å². The average Bonchev–Trinajstić information content (AvgIpc) is 2.55. The van der Waals surface area contributed by atoms with Gasteiger partial charge in [-0.15, -0.1) is 0 Å². The van der Waals surface area contributed by atoms with Crippen molar-refractivity contribution in [3.05, 3.63) is 22.4 Å². The molecule has 0 aliphatic heterocycles. The fourth-order valence-electron chi connectivity index (χ4n) is 1.21. The summed E-state index contributed by atoms with van der Waals surface area (Å²) in [6, 6.07) is 3.32. The third-order valence-electron chi connectivity index (χ3n) is 1.80. The fraction of sp³-hybridized carbons (Fsp3) is 0.125. The van der Waals surface area contributed by atoms with Crippen LogP contribution < -0.4 is 4.74 Å². The van der Waals surface area contributed by atoms with E-state index in [4.69, 9.17) is 9.84 Å². The maximum atomic E-state index is 10.8. The van der Waals surface area contributed by atoms with E-state index in [2.05, 4.69) is 26.0 Å². The van der Waals surface area contributed by atoms with E-state index in [1.807, 2.05) is 0 Å². The van der Waals surface area contributed by atoms with Crippen molar-refractivity contribution in [2.45, 2.75) is 0 Å². The number of imidazole rings is 1. The van der Waals surface area contributed by atoms with Crippen LogP contribution in [0.2, 0.25) is 0 Å². The highest BCUT2D eigenvalue weighted by Gasteiger charge is 2.19. The summed E-state index contributed by atoms with van der Waals surface area (Å²) in [5.41, 5.74) is 0.274. The molecule has 6 nitrogen and oxygen atoms in total. The zero-order valence-electron chi connectivity index (χ0n) is 7.64. The van der Waals surface area contributed by atoms with Crippen LogP contribution in [-0.4, -0.2) is 32.8 Å². The van der Waals surface area contributed by atoms with Crippen molar-refractivity contribution in [3.8, 4) is 5.88 Å². The molecule has 0 radical (unpaired) electrons. The van der Waals surface area contributed by atoms with E-state index >= 15 is 0 Å². The number of ether oxygens (including phenoxy) is 1. The Morgan fingerprint density at radius 3 is 2.93 bits per heavy atom. The number of carbonyl (C=O) groups is 1. The molecule has 0 aliphatic rings. The number of halogens is 1. The molecule has 0 unspecified atom stereocenters. The van der Waals surface area contributed by atoms with Crippen LogP contribution >= 0.6 is 15.9 Å². The maximum absolute atomic E-state index is 10.8. The third-order valence-corrected chi connectivity index (χ3v) is 2.22. The summed E-state index contributed by atoms with van der Waals surface area (Å²) in [5, 5.41) is 12.9. The van der Waals surface area contributed by atoms with Crippen molar-refractivity contribution < 1.29 is 14.6 Å². The molecular formula is C8H6BrN3O3. The molecule has 0 aliphatic carbocycles.